The summed E-state index contributed by atoms with van der Waals surface area (Å²) in [6.45, 7) is 0. The van der Waals surface area contributed by atoms with E-state index < -0.39 is 10.8 Å². The number of hydrogen-bond donors (Lipinski definition) is 1. The van der Waals surface area contributed by atoms with Crippen LogP contribution in [0.1, 0.15) is 22.1 Å². The summed E-state index contributed by atoms with van der Waals surface area (Å²) in [6, 6.07) is 18.7. The lowest BCUT2D eigenvalue weighted by Gasteiger charge is -2.17. The Labute approximate surface area is 146 Å². The Balaban J connectivity index is 1.89. The average Bonchev–Trinajstić information content (AvgIpc) is 3.09. The van der Waals surface area contributed by atoms with E-state index >= 15 is 0 Å². The molecule has 0 saturated heterocycles. The number of aromatic hydroxyl groups is 1. The van der Waals surface area contributed by atoms with E-state index in [0.717, 1.165) is 21.2 Å². The molecule has 0 aliphatic carbocycles. The molecule has 0 radical (unpaired) electrons. The van der Waals surface area contributed by atoms with Gasteiger partial charge in [-0.05, 0) is 29.6 Å². The molecular weight excluding hydrogens is 338 g/mol. The highest BCUT2D eigenvalue weighted by atomic mass is 32.2. The fourth-order valence-corrected chi connectivity index (χ4v) is 5.20. The summed E-state index contributed by atoms with van der Waals surface area (Å²) in [7, 11) is -1.28. The summed E-state index contributed by atoms with van der Waals surface area (Å²) < 4.78 is 13.2. The molecule has 0 amide bonds. The first-order chi connectivity index (χ1) is 11.7. The van der Waals surface area contributed by atoms with Gasteiger partial charge in [-0.3, -0.25) is 9.20 Å². The van der Waals surface area contributed by atoms with E-state index in [1.807, 2.05) is 53.9 Å². The number of para-hydroxylation sites is 2. The third-order valence-corrected chi connectivity index (χ3v) is 6.70. The quantitative estimate of drug-likeness (QED) is 0.717. The summed E-state index contributed by atoms with van der Waals surface area (Å²) >= 11 is 1.62. The van der Waals surface area contributed by atoms with Gasteiger partial charge in [0.15, 0.2) is 0 Å². The molecule has 1 aliphatic heterocycles. The summed E-state index contributed by atoms with van der Waals surface area (Å²) in [4.78, 5) is 6.58. The second-order valence-corrected chi connectivity index (χ2v) is 8.10. The largest absolute Gasteiger partial charge is 0.508 e. The van der Waals surface area contributed by atoms with Crippen LogP contribution in [0.25, 0.3) is 0 Å². The van der Waals surface area contributed by atoms with E-state index in [2.05, 4.69) is 0 Å². The van der Waals surface area contributed by atoms with Crippen LogP contribution in [0, 0.1) is 0 Å². The third-order valence-electron chi connectivity index (χ3n) is 4.06. The molecule has 1 aromatic heterocycles. The zero-order valence-electron chi connectivity index (χ0n) is 12.8. The summed E-state index contributed by atoms with van der Waals surface area (Å²) in [5, 5.41) is 12.0. The first-order valence-corrected chi connectivity index (χ1v) is 9.72. The second-order valence-electron chi connectivity index (χ2n) is 5.55. The fourth-order valence-electron chi connectivity index (χ4n) is 2.90. The molecule has 1 N–H and O–H groups in total. The number of phenols is 1. The number of hydrogen-bond acceptors (Lipinski definition) is 4. The Bertz CT molecular complexity index is 932. The van der Waals surface area contributed by atoms with Crippen molar-refractivity contribution in [3.63, 3.8) is 0 Å². The van der Waals surface area contributed by atoms with E-state index in [4.69, 9.17) is 4.99 Å². The number of thiophene rings is 1. The molecule has 2 atom stereocenters. The lowest BCUT2D eigenvalue weighted by molar-refractivity contribution is 0.467. The van der Waals surface area contributed by atoms with Gasteiger partial charge in [-0.15, -0.1) is 11.3 Å². The maximum atomic E-state index is 13.2. The molecule has 2 heterocycles. The summed E-state index contributed by atoms with van der Waals surface area (Å²) in [5.74, 6) is 0.181. The van der Waals surface area contributed by atoms with Crippen LogP contribution in [0.3, 0.4) is 0 Å². The highest BCUT2D eigenvalue weighted by Gasteiger charge is 2.29. The third kappa shape index (κ3) is 2.70. The van der Waals surface area contributed by atoms with E-state index in [9.17, 15) is 9.32 Å². The second kappa shape index (κ2) is 6.34. The lowest BCUT2D eigenvalue weighted by Crippen LogP contribution is -2.11. The Hall–Kier alpha value is -2.24. The van der Waals surface area contributed by atoms with Crippen molar-refractivity contribution in [2.75, 3.05) is 0 Å². The Morgan fingerprint density at radius 1 is 1.04 bits per heavy atom. The summed E-state index contributed by atoms with van der Waals surface area (Å²) in [5.41, 5.74) is 2.37. The predicted octanol–water partition coefficient (Wildman–Crippen LogP) is 4.83. The van der Waals surface area contributed by atoms with Crippen molar-refractivity contribution >= 4 is 33.5 Å². The van der Waals surface area contributed by atoms with Gasteiger partial charge in [0, 0.05) is 16.9 Å². The first kappa shape index (κ1) is 15.3. The molecular formula is C19H15NO2S2. The van der Waals surface area contributed by atoms with Gasteiger partial charge in [0.25, 0.3) is 0 Å². The molecule has 0 fully saturated rings. The highest BCUT2D eigenvalue weighted by molar-refractivity contribution is 7.85. The molecule has 120 valence electrons. The molecule has 0 saturated carbocycles. The maximum Gasteiger partial charge on any atom is 0.120 e. The van der Waals surface area contributed by atoms with Gasteiger partial charge in [0.2, 0.25) is 0 Å². The number of fused-ring (bicyclic) bond motifs is 1. The number of aliphatic imine (C=N–C) groups is 1. The summed E-state index contributed by atoms with van der Waals surface area (Å²) in [6.07, 6.45) is 0.527. The van der Waals surface area contributed by atoms with Crippen LogP contribution in [-0.2, 0) is 10.8 Å². The van der Waals surface area contributed by atoms with E-state index in [0.29, 0.717) is 12.0 Å². The Morgan fingerprint density at radius 2 is 1.83 bits per heavy atom. The van der Waals surface area contributed by atoms with Crippen molar-refractivity contribution in [1.29, 1.82) is 0 Å². The van der Waals surface area contributed by atoms with Crippen molar-refractivity contribution in [2.45, 2.75) is 16.6 Å². The topological polar surface area (TPSA) is 49.7 Å². The predicted molar refractivity (Wildman–Crippen MR) is 98.8 cm³/mol. The molecule has 3 nitrogen and oxygen atoms in total. The molecule has 3 aromatic rings. The normalized spacial score (nSPS) is 20.1. The van der Waals surface area contributed by atoms with Crippen molar-refractivity contribution in [3.8, 4) is 5.75 Å². The van der Waals surface area contributed by atoms with Crippen LogP contribution in [0.15, 0.2) is 75.9 Å². The average molecular weight is 353 g/mol. The van der Waals surface area contributed by atoms with Crippen molar-refractivity contribution in [2.24, 2.45) is 4.99 Å². The fraction of sp³-hybridized carbons (Fsp3) is 0.105. The van der Waals surface area contributed by atoms with Crippen LogP contribution in [-0.4, -0.2) is 15.0 Å². The molecule has 0 bridgehead atoms. The number of benzene rings is 2. The van der Waals surface area contributed by atoms with E-state index in [-0.39, 0.29) is 11.0 Å². The minimum absolute atomic E-state index is 0.181. The van der Waals surface area contributed by atoms with Crippen LogP contribution < -0.4 is 0 Å². The highest BCUT2D eigenvalue weighted by Crippen LogP contribution is 2.40. The monoisotopic (exact) mass is 353 g/mol. The lowest BCUT2D eigenvalue weighted by atomic mass is 10.0. The molecule has 0 unspecified atom stereocenters. The van der Waals surface area contributed by atoms with Crippen molar-refractivity contribution in [3.05, 3.63) is 76.5 Å². The SMILES string of the molecule is O=[S@@]1c2ccccc2N=C(c2cccs2)C[C@@H]1c1ccccc1O. The molecule has 4 rings (SSSR count). The number of phenolic OH excluding ortho intramolecular Hbond substituents is 1. The molecule has 1 aliphatic rings. The minimum Gasteiger partial charge on any atom is -0.508 e. The van der Waals surface area contributed by atoms with E-state index in [1.54, 1.807) is 23.5 Å². The number of rotatable bonds is 2. The van der Waals surface area contributed by atoms with Crippen LogP contribution in [0.4, 0.5) is 5.69 Å². The van der Waals surface area contributed by atoms with Crippen molar-refractivity contribution < 1.29 is 9.32 Å². The van der Waals surface area contributed by atoms with Gasteiger partial charge in [-0.25, -0.2) is 0 Å². The molecule has 5 heteroatoms. The minimum atomic E-state index is -1.28. The first-order valence-electron chi connectivity index (χ1n) is 7.63. The zero-order valence-corrected chi connectivity index (χ0v) is 14.4. The molecule has 2 aromatic carbocycles. The zero-order chi connectivity index (χ0) is 16.5. The Morgan fingerprint density at radius 3 is 2.62 bits per heavy atom. The van der Waals surface area contributed by atoms with Gasteiger partial charge in [0.05, 0.1) is 32.3 Å². The molecule has 0 spiro atoms. The van der Waals surface area contributed by atoms with E-state index in [1.165, 1.54) is 0 Å². The van der Waals surface area contributed by atoms with Crippen LogP contribution in [0.2, 0.25) is 0 Å². The number of nitrogens with zero attached hydrogens (tertiary/aromatic N) is 1. The van der Waals surface area contributed by atoms with Gasteiger partial charge in [-0.1, -0.05) is 36.4 Å². The Kier molecular flexibility index (Phi) is 4.04. The smallest absolute Gasteiger partial charge is 0.120 e. The van der Waals surface area contributed by atoms with Crippen LogP contribution >= 0.6 is 11.3 Å². The van der Waals surface area contributed by atoms with Gasteiger partial charge in [0.1, 0.15) is 5.75 Å². The van der Waals surface area contributed by atoms with Gasteiger partial charge in [-0.2, -0.15) is 0 Å². The molecule has 24 heavy (non-hydrogen) atoms. The maximum absolute atomic E-state index is 13.2. The van der Waals surface area contributed by atoms with Crippen LogP contribution in [0.5, 0.6) is 5.75 Å². The van der Waals surface area contributed by atoms with Gasteiger partial charge < -0.3 is 5.11 Å². The standard InChI is InChI=1S/C19H15NO2S2/c21-16-8-3-1-6-13(16)19-12-15(17-9-5-11-23-17)20-14-7-2-4-10-18(14)24(19)22/h1-11,19,21H,12H2/t19-,24-/m1/s1. The van der Waals surface area contributed by atoms with Crippen molar-refractivity contribution in [1.82, 2.24) is 0 Å². The van der Waals surface area contributed by atoms with Gasteiger partial charge >= 0.3 is 0 Å².